The van der Waals surface area contributed by atoms with Gasteiger partial charge in [-0.2, -0.15) is 0 Å². The van der Waals surface area contributed by atoms with Crippen molar-refractivity contribution in [2.75, 3.05) is 0 Å². The molecule has 4 nitrogen and oxygen atoms in total. The van der Waals surface area contributed by atoms with E-state index in [1.807, 2.05) is 30.3 Å². The first-order chi connectivity index (χ1) is 12.2. The fourth-order valence-corrected chi connectivity index (χ4v) is 2.89. The zero-order chi connectivity index (χ0) is 17.2. The van der Waals surface area contributed by atoms with Gasteiger partial charge >= 0.3 is 5.97 Å². The summed E-state index contributed by atoms with van der Waals surface area (Å²) in [6.07, 6.45) is 0.863. The molecule has 4 heteroatoms. The first-order valence-electron chi connectivity index (χ1n) is 7.97. The Labute approximate surface area is 144 Å². The lowest BCUT2D eigenvalue weighted by molar-refractivity contribution is 0.0697. The summed E-state index contributed by atoms with van der Waals surface area (Å²) in [4.78, 5) is 11.2. The second-order valence-corrected chi connectivity index (χ2v) is 5.91. The summed E-state index contributed by atoms with van der Waals surface area (Å²) in [5, 5.41) is 13.9. The summed E-state index contributed by atoms with van der Waals surface area (Å²) in [5.74, 6) is -0.378. The van der Waals surface area contributed by atoms with Crippen LogP contribution in [0, 0.1) is 0 Å². The van der Waals surface area contributed by atoms with Crippen molar-refractivity contribution in [3.8, 4) is 11.3 Å². The SMILES string of the molecule is O=C(O)c1ccc2noc(-c3ccc(Cc4ccccc4)cc3)c2c1. The molecule has 0 fully saturated rings. The van der Waals surface area contributed by atoms with Crippen molar-refractivity contribution in [2.45, 2.75) is 6.42 Å². The monoisotopic (exact) mass is 329 g/mol. The summed E-state index contributed by atoms with van der Waals surface area (Å²) < 4.78 is 5.45. The lowest BCUT2D eigenvalue weighted by Crippen LogP contribution is -1.94. The van der Waals surface area contributed by atoms with E-state index in [1.54, 1.807) is 12.1 Å². The van der Waals surface area contributed by atoms with Crippen LogP contribution in [0.4, 0.5) is 0 Å². The van der Waals surface area contributed by atoms with Gasteiger partial charge in [-0.1, -0.05) is 59.8 Å². The fraction of sp³-hybridized carbons (Fsp3) is 0.0476. The van der Waals surface area contributed by atoms with Crippen LogP contribution in [0.5, 0.6) is 0 Å². The second-order valence-electron chi connectivity index (χ2n) is 5.91. The molecular weight excluding hydrogens is 314 g/mol. The molecule has 0 saturated carbocycles. The highest BCUT2D eigenvalue weighted by molar-refractivity contribution is 5.98. The molecule has 25 heavy (non-hydrogen) atoms. The smallest absolute Gasteiger partial charge is 0.335 e. The standard InChI is InChI=1S/C21H15NO3/c23-21(24)17-10-11-19-18(13-17)20(25-22-19)16-8-6-15(7-9-16)12-14-4-2-1-3-5-14/h1-11,13H,12H2,(H,23,24). The summed E-state index contributed by atoms with van der Waals surface area (Å²) in [6, 6.07) is 23.1. The number of rotatable bonds is 4. The van der Waals surface area contributed by atoms with Gasteiger partial charge in [0.1, 0.15) is 5.52 Å². The van der Waals surface area contributed by atoms with Crippen LogP contribution in [0.25, 0.3) is 22.2 Å². The van der Waals surface area contributed by atoms with E-state index in [2.05, 4.69) is 29.4 Å². The van der Waals surface area contributed by atoms with Crippen LogP contribution in [-0.4, -0.2) is 16.2 Å². The summed E-state index contributed by atoms with van der Waals surface area (Å²) in [5.41, 5.74) is 4.20. The van der Waals surface area contributed by atoms with Crippen LogP contribution in [0.3, 0.4) is 0 Å². The highest BCUT2D eigenvalue weighted by Gasteiger charge is 2.13. The van der Waals surface area contributed by atoms with E-state index in [4.69, 9.17) is 9.63 Å². The van der Waals surface area contributed by atoms with E-state index in [0.29, 0.717) is 16.7 Å². The van der Waals surface area contributed by atoms with Crippen molar-refractivity contribution in [3.05, 3.63) is 89.5 Å². The van der Waals surface area contributed by atoms with Crippen molar-refractivity contribution in [2.24, 2.45) is 0 Å². The van der Waals surface area contributed by atoms with Crippen molar-refractivity contribution in [1.82, 2.24) is 5.16 Å². The van der Waals surface area contributed by atoms with Crippen molar-refractivity contribution >= 4 is 16.9 Å². The Balaban J connectivity index is 1.67. The Morgan fingerprint density at radius 1 is 0.920 bits per heavy atom. The minimum Gasteiger partial charge on any atom is -0.478 e. The Morgan fingerprint density at radius 3 is 2.36 bits per heavy atom. The third kappa shape index (κ3) is 3.02. The number of carboxylic acid groups (broad SMARTS) is 1. The largest absolute Gasteiger partial charge is 0.478 e. The molecule has 0 radical (unpaired) electrons. The number of aromatic carboxylic acids is 1. The predicted molar refractivity (Wildman–Crippen MR) is 95.7 cm³/mol. The molecule has 4 aromatic rings. The van der Waals surface area contributed by atoms with Gasteiger partial charge in [0.25, 0.3) is 0 Å². The van der Waals surface area contributed by atoms with Gasteiger partial charge in [0, 0.05) is 5.56 Å². The van der Waals surface area contributed by atoms with E-state index in [9.17, 15) is 4.79 Å². The van der Waals surface area contributed by atoms with Gasteiger partial charge in [-0.15, -0.1) is 0 Å². The molecule has 4 rings (SSSR count). The number of carbonyl (C=O) groups is 1. The number of hydrogen-bond acceptors (Lipinski definition) is 3. The third-order valence-corrected chi connectivity index (χ3v) is 4.19. The van der Waals surface area contributed by atoms with Gasteiger partial charge in [-0.05, 0) is 35.7 Å². The van der Waals surface area contributed by atoms with Crippen LogP contribution in [0.1, 0.15) is 21.5 Å². The van der Waals surface area contributed by atoms with Gasteiger partial charge < -0.3 is 9.63 Å². The molecule has 0 saturated heterocycles. The first-order valence-corrected chi connectivity index (χ1v) is 7.97. The fourth-order valence-electron chi connectivity index (χ4n) is 2.89. The van der Waals surface area contributed by atoms with Crippen molar-refractivity contribution in [1.29, 1.82) is 0 Å². The number of aromatic nitrogens is 1. The van der Waals surface area contributed by atoms with Gasteiger partial charge in [0.2, 0.25) is 0 Å². The molecule has 0 aliphatic heterocycles. The Hall–Kier alpha value is -3.40. The van der Waals surface area contributed by atoms with E-state index in [0.717, 1.165) is 12.0 Å². The van der Waals surface area contributed by atoms with Crippen LogP contribution < -0.4 is 0 Å². The molecule has 1 aromatic heterocycles. The molecular formula is C21H15NO3. The van der Waals surface area contributed by atoms with Crippen LogP contribution >= 0.6 is 0 Å². The second kappa shape index (κ2) is 6.24. The predicted octanol–water partition coefficient (Wildman–Crippen LogP) is 4.78. The van der Waals surface area contributed by atoms with Crippen molar-refractivity contribution < 1.29 is 14.4 Å². The average molecular weight is 329 g/mol. The third-order valence-electron chi connectivity index (χ3n) is 4.19. The Kier molecular flexibility index (Phi) is 3.78. The molecule has 0 spiro atoms. The number of hydrogen-bond donors (Lipinski definition) is 1. The molecule has 3 aromatic carbocycles. The van der Waals surface area contributed by atoms with Crippen LogP contribution in [0.2, 0.25) is 0 Å². The molecule has 0 bridgehead atoms. The lowest BCUT2D eigenvalue weighted by atomic mass is 10.0. The molecule has 1 N–H and O–H groups in total. The highest BCUT2D eigenvalue weighted by atomic mass is 16.5. The van der Waals surface area contributed by atoms with E-state index < -0.39 is 5.97 Å². The van der Waals surface area contributed by atoms with Gasteiger partial charge in [0.15, 0.2) is 5.76 Å². The van der Waals surface area contributed by atoms with Gasteiger partial charge in [-0.3, -0.25) is 0 Å². The van der Waals surface area contributed by atoms with E-state index in [-0.39, 0.29) is 5.56 Å². The Bertz CT molecular complexity index is 1030. The lowest BCUT2D eigenvalue weighted by Gasteiger charge is -2.03. The maximum Gasteiger partial charge on any atom is 0.335 e. The number of fused-ring (bicyclic) bond motifs is 1. The molecule has 0 atom stereocenters. The zero-order valence-corrected chi connectivity index (χ0v) is 13.3. The van der Waals surface area contributed by atoms with Crippen LogP contribution in [0.15, 0.2) is 77.3 Å². The van der Waals surface area contributed by atoms with E-state index >= 15 is 0 Å². The number of nitrogens with zero attached hydrogens (tertiary/aromatic N) is 1. The number of benzene rings is 3. The Morgan fingerprint density at radius 2 is 1.64 bits per heavy atom. The molecule has 0 amide bonds. The van der Waals surface area contributed by atoms with Gasteiger partial charge in [-0.25, -0.2) is 4.79 Å². The van der Waals surface area contributed by atoms with Crippen molar-refractivity contribution in [3.63, 3.8) is 0 Å². The summed E-state index contributed by atoms with van der Waals surface area (Å²) >= 11 is 0. The minimum absolute atomic E-state index is 0.220. The maximum absolute atomic E-state index is 11.2. The zero-order valence-electron chi connectivity index (χ0n) is 13.3. The molecule has 0 aliphatic carbocycles. The first kappa shape index (κ1) is 15.1. The molecule has 122 valence electrons. The topological polar surface area (TPSA) is 63.3 Å². The van der Waals surface area contributed by atoms with Crippen LogP contribution in [-0.2, 0) is 6.42 Å². The quantitative estimate of drug-likeness (QED) is 0.585. The van der Waals surface area contributed by atoms with E-state index in [1.165, 1.54) is 17.2 Å². The summed E-state index contributed by atoms with van der Waals surface area (Å²) in [6.45, 7) is 0. The minimum atomic E-state index is -0.966. The average Bonchev–Trinajstić information content (AvgIpc) is 3.06. The highest BCUT2D eigenvalue weighted by Crippen LogP contribution is 2.29. The number of carboxylic acids is 1. The molecule has 1 heterocycles. The maximum atomic E-state index is 11.2. The molecule has 0 aliphatic rings. The summed E-state index contributed by atoms with van der Waals surface area (Å²) in [7, 11) is 0. The normalized spacial score (nSPS) is 10.9. The molecule has 0 unspecified atom stereocenters. The van der Waals surface area contributed by atoms with Gasteiger partial charge in [0.05, 0.1) is 10.9 Å².